The number of carbonyl (C=O) groups is 1. The molecule has 0 N–H and O–H groups in total. The van der Waals surface area contributed by atoms with Crippen LogP contribution in [-0.4, -0.2) is 66.8 Å². The summed E-state index contributed by atoms with van der Waals surface area (Å²) >= 11 is 0. The number of hydrogen-bond donors (Lipinski definition) is 0. The van der Waals surface area contributed by atoms with Gasteiger partial charge in [-0.25, -0.2) is 4.98 Å². The number of anilines is 1. The Bertz CT molecular complexity index is 567. The van der Waals surface area contributed by atoms with Crippen LogP contribution >= 0.6 is 0 Å². The maximum absolute atomic E-state index is 12.6. The van der Waals surface area contributed by atoms with E-state index in [-0.39, 0.29) is 11.8 Å². The van der Waals surface area contributed by atoms with Crippen LogP contribution in [0.5, 0.6) is 5.88 Å². The van der Waals surface area contributed by atoms with Crippen LogP contribution in [0.15, 0.2) is 6.07 Å². The van der Waals surface area contributed by atoms with E-state index in [1.807, 2.05) is 24.8 Å². The molecule has 0 atom stereocenters. The second kappa shape index (κ2) is 7.79. The van der Waals surface area contributed by atoms with E-state index in [0.717, 1.165) is 44.7 Å². The minimum Gasteiger partial charge on any atom is -0.478 e. The van der Waals surface area contributed by atoms with E-state index in [9.17, 15) is 4.79 Å². The zero-order valence-corrected chi connectivity index (χ0v) is 14.5. The second-order valence-corrected chi connectivity index (χ2v) is 6.28. The summed E-state index contributed by atoms with van der Waals surface area (Å²) in [5.74, 6) is 1.71. The molecular weight excluding hydrogens is 308 g/mol. The number of aryl methyl sites for hydroxylation is 1. The lowest BCUT2D eigenvalue weighted by Crippen LogP contribution is -2.51. The largest absolute Gasteiger partial charge is 0.478 e. The average molecular weight is 334 g/mol. The Morgan fingerprint density at radius 3 is 2.62 bits per heavy atom. The van der Waals surface area contributed by atoms with Crippen molar-refractivity contribution in [3.63, 3.8) is 0 Å². The van der Waals surface area contributed by atoms with Crippen LogP contribution in [0.1, 0.15) is 25.5 Å². The predicted molar refractivity (Wildman–Crippen MR) is 90.3 cm³/mol. The Labute approximate surface area is 143 Å². The summed E-state index contributed by atoms with van der Waals surface area (Å²) in [6, 6.07) is 1.85. The molecular formula is C17H26N4O3. The molecule has 7 nitrogen and oxygen atoms in total. The Balaban J connectivity index is 1.59. The second-order valence-electron chi connectivity index (χ2n) is 6.28. The zero-order chi connectivity index (χ0) is 16.9. The third-order valence-corrected chi connectivity index (χ3v) is 4.56. The van der Waals surface area contributed by atoms with Crippen molar-refractivity contribution in [2.45, 2.75) is 26.7 Å². The Morgan fingerprint density at radius 2 is 1.96 bits per heavy atom. The van der Waals surface area contributed by atoms with E-state index >= 15 is 0 Å². The number of carbonyl (C=O) groups excluding carboxylic acids is 1. The molecule has 0 spiro atoms. The first-order chi connectivity index (χ1) is 11.7. The monoisotopic (exact) mass is 334 g/mol. The van der Waals surface area contributed by atoms with E-state index in [1.54, 1.807) is 0 Å². The number of rotatable bonds is 4. The van der Waals surface area contributed by atoms with Gasteiger partial charge in [-0.3, -0.25) is 4.79 Å². The number of hydrogen-bond acceptors (Lipinski definition) is 6. The molecule has 24 heavy (non-hydrogen) atoms. The average Bonchev–Trinajstić information content (AvgIpc) is 2.62. The van der Waals surface area contributed by atoms with Gasteiger partial charge in [0, 0.05) is 57.1 Å². The third-order valence-electron chi connectivity index (χ3n) is 4.56. The lowest BCUT2D eigenvalue weighted by atomic mass is 9.98. The highest BCUT2D eigenvalue weighted by molar-refractivity contribution is 5.79. The smallest absolute Gasteiger partial charge is 0.228 e. The molecule has 132 valence electrons. The fourth-order valence-corrected chi connectivity index (χ4v) is 3.22. The first kappa shape index (κ1) is 17.0. The van der Waals surface area contributed by atoms with Crippen molar-refractivity contribution in [3.05, 3.63) is 11.8 Å². The SMILES string of the molecule is CCOc1cc(C)nc(N2CCN(C(=O)C3CCOCC3)CC2)n1. The molecule has 2 saturated heterocycles. The quantitative estimate of drug-likeness (QED) is 0.826. The van der Waals surface area contributed by atoms with Crippen LogP contribution in [0, 0.1) is 12.8 Å². The van der Waals surface area contributed by atoms with Gasteiger partial charge in [0.2, 0.25) is 17.7 Å². The van der Waals surface area contributed by atoms with Crippen molar-refractivity contribution < 1.29 is 14.3 Å². The molecule has 0 radical (unpaired) electrons. The summed E-state index contributed by atoms with van der Waals surface area (Å²) in [4.78, 5) is 25.7. The summed E-state index contributed by atoms with van der Waals surface area (Å²) in [6.45, 7) is 8.82. The van der Waals surface area contributed by atoms with Gasteiger partial charge in [-0.1, -0.05) is 0 Å². The number of amides is 1. The van der Waals surface area contributed by atoms with E-state index in [4.69, 9.17) is 9.47 Å². The van der Waals surface area contributed by atoms with Crippen LogP contribution in [0.2, 0.25) is 0 Å². The summed E-state index contributed by atoms with van der Waals surface area (Å²) in [5, 5.41) is 0. The molecule has 0 aromatic carbocycles. The molecule has 0 saturated carbocycles. The molecule has 0 unspecified atom stereocenters. The lowest BCUT2D eigenvalue weighted by Gasteiger charge is -2.37. The van der Waals surface area contributed by atoms with E-state index < -0.39 is 0 Å². The topological polar surface area (TPSA) is 67.8 Å². The van der Waals surface area contributed by atoms with Gasteiger partial charge in [-0.2, -0.15) is 4.98 Å². The van der Waals surface area contributed by atoms with Gasteiger partial charge in [0.15, 0.2) is 0 Å². The zero-order valence-electron chi connectivity index (χ0n) is 14.5. The Hall–Kier alpha value is -1.89. The summed E-state index contributed by atoms with van der Waals surface area (Å²) < 4.78 is 10.8. The number of aromatic nitrogens is 2. The Morgan fingerprint density at radius 1 is 1.25 bits per heavy atom. The third kappa shape index (κ3) is 3.95. The van der Waals surface area contributed by atoms with E-state index in [2.05, 4.69) is 14.9 Å². The van der Waals surface area contributed by atoms with Crippen LogP contribution in [0.3, 0.4) is 0 Å². The first-order valence-corrected chi connectivity index (χ1v) is 8.77. The van der Waals surface area contributed by atoms with Gasteiger partial charge >= 0.3 is 0 Å². The minimum absolute atomic E-state index is 0.130. The molecule has 2 aliphatic rings. The van der Waals surface area contributed by atoms with Crippen LogP contribution < -0.4 is 9.64 Å². The van der Waals surface area contributed by atoms with Crippen molar-refractivity contribution in [2.24, 2.45) is 5.92 Å². The van der Waals surface area contributed by atoms with Crippen molar-refractivity contribution in [3.8, 4) is 5.88 Å². The first-order valence-electron chi connectivity index (χ1n) is 8.77. The number of nitrogens with zero attached hydrogens (tertiary/aromatic N) is 4. The fraction of sp³-hybridized carbons (Fsp3) is 0.706. The van der Waals surface area contributed by atoms with Crippen LogP contribution in [0.4, 0.5) is 5.95 Å². The molecule has 2 aliphatic heterocycles. The van der Waals surface area contributed by atoms with Crippen LogP contribution in [0.25, 0.3) is 0 Å². The summed E-state index contributed by atoms with van der Waals surface area (Å²) in [5.41, 5.74) is 0.893. The lowest BCUT2D eigenvalue weighted by molar-refractivity contribution is -0.138. The van der Waals surface area contributed by atoms with Gasteiger partial charge in [-0.05, 0) is 26.7 Å². The highest BCUT2D eigenvalue weighted by atomic mass is 16.5. The predicted octanol–water partition coefficient (Wildman–Crippen LogP) is 1.26. The normalized spacial score (nSPS) is 19.4. The fourth-order valence-electron chi connectivity index (χ4n) is 3.22. The maximum atomic E-state index is 12.6. The van der Waals surface area contributed by atoms with Crippen LogP contribution in [-0.2, 0) is 9.53 Å². The summed E-state index contributed by atoms with van der Waals surface area (Å²) in [7, 11) is 0. The van der Waals surface area contributed by atoms with Crippen molar-refractivity contribution in [1.82, 2.24) is 14.9 Å². The molecule has 1 aromatic heterocycles. The molecule has 3 heterocycles. The van der Waals surface area contributed by atoms with Gasteiger partial charge in [0.25, 0.3) is 0 Å². The highest BCUT2D eigenvalue weighted by Gasteiger charge is 2.29. The molecule has 1 aromatic rings. The number of ether oxygens (including phenoxy) is 2. The molecule has 0 aliphatic carbocycles. The van der Waals surface area contributed by atoms with Crippen molar-refractivity contribution in [2.75, 3.05) is 50.9 Å². The molecule has 7 heteroatoms. The standard InChI is InChI=1S/C17H26N4O3/c1-3-24-15-12-13(2)18-17(19-15)21-8-6-20(7-9-21)16(22)14-4-10-23-11-5-14/h12,14H,3-11H2,1-2H3. The van der Waals surface area contributed by atoms with Gasteiger partial charge < -0.3 is 19.3 Å². The van der Waals surface area contributed by atoms with Gasteiger partial charge in [-0.15, -0.1) is 0 Å². The number of piperazine rings is 1. The highest BCUT2D eigenvalue weighted by Crippen LogP contribution is 2.21. The van der Waals surface area contributed by atoms with E-state index in [0.29, 0.717) is 31.6 Å². The molecule has 3 rings (SSSR count). The summed E-state index contributed by atoms with van der Waals surface area (Å²) in [6.07, 6.45) is 1.69. The van der Waals surface area contributed by atoms with Crippen molar-refractivity contribution in [1.29, 1.82) is 0 Å². The van der Waals surface area contributed by atoms with E-state index in [1.165, 1.54) is 0 Å². The minimum atomic E-state index is 0.130. The Kier molecular flexibility index (Phi) is 5.50. The molecule has 2 fully saturated rings. The molecule has 0 bridgehead atoms. The van der Waals surface area contributed by atoms with Gasteiger partial charge in [0.1, 0.15) is 0 Å². The molecule has 1 amide bonds. The van der Waals surface area contributed by atoms with Crippen molar-refractivity contribution >= 4 is 11.9 Å². The van der Waals surface area contributed by atoms with Gasteiger partial charge in [0.05, 0.1) is 6.61 Å². The maximum Gasteiger partial charge on any atom is 0.228 e.